The normalized spacial score (nSPS) is 10.6. The molecule has 25 heavy (non-hydrogen) atoms. The van der Waals surface area contributed by atoms with Crippen LogP contribution in [0.3, 0.4) is 0 Å². The van der Waals surface area contributed by atoms with Crippen molar-refractivity contribution in [1.29, 1.82) is 0 Å². The lowest BCUT2D eigenvalue weighted by molar-refractivity contribution is 0.511. The molecule has 0 aliphatic carbocycles. The zero-order valence-corrected chi connectivity index (χ0v) is 12.9. The average Bonchev–Trinajstić information content (AvgIpc) is 2.60. The van der Waals surface area contributed by atoms with E-state index in [9.17, 15) is 17.6 Å². The topological polar surface area (TPSA) is 37.0 Å². The number of anilines is 3. The molecule has 7 heteroatoms. The summed E-state index contributed by atoms with van der Waals surface area (Å²) in [5, 5.41) is 5.51. The molecule has 1 aromatic heterocycles. The van der Waals surface area contributed by atoms with Crippen molar-refractivity contribution in [2.75, 3.05) is 10.6 Å². The van der Waals surface area contributed by atoms with Gasteiger partial charge in [0.1, 0.15) is 17.5 Å². The van der Waals surface area contributed by atoms with Gasteiger partial charge in [-0.2, -0.15) is 0 Å². The van der Waals surface area contributed by atoms with Crippen LogP contribution in [-0.2, 0) is 6.54 Å². The first-order valence-corrected chi connectivity index (χ1v) is 7.38. The van der Waals surface area contributed by atoms with E-state index in [0.29, 0.717) is 11.5 Å². The summed E-state index contributed by atoms with van der Waals surface area (Å²) in [4.78, 5) is 4.05. The molecule has 0 aliphatic rings. The molecule has 0 atom stereocenters. The van der Waals surface area contributed by atoms with Crippen molar-refractivity contribution in [2.24, 2.45) is 0 Å². The molecule has 0 amide bonds. The summed E-state index contributed by atoms with van der Waals surface area (Å²) < 4.78 is 53.9. The molecule has 2 aromatic carbocycles. The number of hydrogen-bond acceptors (Lipinski definition) is 3. The molecule has 0 unspecified atom stereocenters. The maximum absolute atomic E-state index is 13.6. The second kappa shape index (κ2) is 7.21. The number of nitrogens with zero attached hydrogens (tertiary/aromatic N) is 1. The number of halogens is 4. The van der Waals surface area contributed by atoms with Gasteiger partial charge in [-0.05, 0) is 36.4 Å². The molecule has 2 N–H and O–H groups in total. The van der Waals surface area contributed by atoms with Crippen LogP contribution in [0.1, 0.15) is 5.56 Å². The van der Waals surface area contributed by atoms with Crippen LogP contribution >= 0.6 is 0 Å². The summed E-state index contributed by atoms with van der Waals surface area (Å²) in [7, 11) is 0. The monoisotopic (exact) mass is 347 g/mol. The van der Waals surface area contributed by atoms with E-state index in [4.69, 9.17) is 0 Å². The Bertz CT molecular complexity index is 862. The predicted octanol–water partition coefficient (Wildman–Crippen LogP) is 4.99. The summed E-state index contributed by atoms with van der Waals surface area (Å²) in [5.74, 6) is -2.94. The van der Waals surface area contributed by atoms with Crippen molar-refractivity contribution in [1.82, 2.24) is 4.98 Å². The Morgan fingerprint density at radius 2 is 1.48 bits per heavy atom. The maximum atomic E-state index is 13.6. The quantitative estimate of drug-likeness (QED) is 0.638. The number of nitrogens with one attached hydrogen (secondary N) is 2. The van der Waals surface area contributed by atoms with Gasteiger partial charge in [0, 0.05) is 12.1 Å². The molecule has 128 valence electrons. The first-order chi connectivity index (χ1) is 12.0. The van der Waals surface area contributed by atoms with Crippen LogP contribution in [0.25, 0.3) is 0 Å². The molecule has 3 nitrogen and oxygen atoms in total. The van der Waals surface area contributed by atoms with Crippen molar-refractivity contribution >= 4 is 17.2 Å². The lowest BCUT2D eigenvalue weighted by Crippen LogP contribution is -2.05. The van der Waals surface area contributed by atoms with Crippen LogP contribution in [0, 0.1) is 23.3 Å². The van der Waals surface area contributed by atoms with E-state index in [-0.39, 0.29) is 17.8 Å². The Balaban J connectivity index is 1.67. The van der Waals surface area contributed by atoms with E-state index < -0.39 is 23.3 Å². The molecule has 0 saturated carbocycles. The molecule has 0 saturated heterocycles. The van der Waals surface area contributed by atoms with Gasteiger partial charge in [0.15, 0.2) is 11.6 Å². The fraction of sp³-hybridized carbons (Fsp3) is 0.0556. The number of aromatic nitrogens is 1. The number of hydrogen-bond donors (Lipinski definition) is 2. The van der Waals surface area contributed by atoms with E-state index in [1.54, 1.807) is 6.07 Å². The fourth-order valence-electron chi connectivity index (χ4n) is 2.20. The molecular formula is C18H13F4N3. The van der Waals surface area contributed by atoms with Crippen LogP contribution in [0.5, 0.6) is 0 Å². The van der Waals surface area contributed by atoms with Crippen molar-refractivity contribution in [3.63, 3.8) is 0 Å². The van der Waals surface area contributed by atoms with Gasteiger partial charge in [-0.15, -0.1) is 0 Å². The molecule has 3 rings (SSSR count). The highest BCUT2D eigenvalue weighted by Gasteiger charge is 2.09. The Labute approximate surface area is 141 Å². The minimum Gasteiger partial charge on any atom is -0.379 e. The van der Waals surface area contributed by atoms with Gasteiger partial charge < -0.3 is 10.6 Å². The summed E-state index contributed by atoms with van der Waals surface area (Å²) in [6.07, 6.45) is 1.41. The zero-order valence-electron chi connectivity index (χ0n) is 12.9. The zero-order chi connectivity index (χ0) is 17.8. The number of pyridine rings is 1. The maximum Gasteiger partial charge on any atom is 0.182 e. The average molecular weight is 347 g/mol. The molecule has 0 bridgehead atoms. The minimum absolute atomic E-state index is 0.0402. The largest absolute Gasteiger partial charge is 0.379 e. The Morgan fingerprint density at radius 3 is 2.16 bits per heavy atom. The van der Waals surface area contributed by atoms with Gasteiger partial charge in [-0.3, -0.25) is 0 Å². The highest BCUT2D eigenvalue weighted by Crippen LogP contribution is 2.21. The highest BCUT2D eigenvalue weighted by molar-refractivity contribution is 5.58. The van der Waals surface area contributed by atoms with Gasteiger partial charge in [0.25, 0.3) is 0 Å². The van der Waals surface area contributed by atoms with Gasteiger partial charge in [-0.25, -0.2) is 22.5 Å². The summed E-state index contributed by atoms with van der Waals surface area (Å²) in [5.41, 5.74) is 0.404. The van der Waals surface area contributed by atoms with Crippen LogP contribution < -0.4 is 10.6 Å². The molecule has 0 fully saturated rings. The second-order valence-electron chi connectivity index (χ2n) is 5.21. The molecule has 0 aliphatic heterocycles. The molecule has 3 aromatic rings. The van der Waals surface area contributed by atoms with Gasteiger partial charge in [0.05, 0.1) is 17.6 Å². The highest BCUT2D eigenvalue weighted by atomic mass is 19.2. The van der Waals surface area contributed by atoms with Crippen molar-refractivity contribution < 1.29 is 17.6 Å². The molecule has 1 heterocycles. The van der Waals surface area contributed by atoms with E-state index in [1.165, 1.54) is 42.6 Å². The predicted molar refractivity (Wildman–Crippen MR) is 87.6 cm³/mol. The van der Waals surface area contributed by atoms with Crippen molar-refractivity contribution in [3.05, 3.63) is 83.6 Å². The molecular weight excluding hydrogens is 334 g/mol. The Morgan fingerprint density at radius 1 is 0.800 bits per heavy atom. The van der Waals surface area contributed by atoms with Crippen molar-refractivity contribution in [3.8, 4) is 0 Å². The first kappa shape index (κ1) is 16.8. The summed E-state index contributed by atoms with van der Waals surface area (Å²) >= 11 is 0. The Kier molecular flexibility index (Phi) is 4.83. The van der Waals surface area contributed by atoms with E-state index >= 15 is 0 Å². The Hall–Kier alpha value is -3.09. The van der Waals surface area contributed by atoms with Gasteiger partial charge in [-0.1, -0.05) is 12.1 Å². The van der Waals surface area contributed by atoms with Gasteiger partial charge in [0.2, 0.25) is 0 Å². The summed E-state index contributed by atoms with van der Waals surface area (Å²) in [6, 6.07) is 10.6. The van der Waals surface area contributed by atoms with Crippen molar-refractivity contribution in [2.45, 2.75) is 6.54 Å². The van der Waals surface area contributed by atoms with Crippen LogP contribution in [0.15, 0.2) is 54.7 Å². The molecule has 0 spiro atoms. The third kappa shape index (κ3) is 3.88. The number of benzene rings is 2. The minimum atomic E-state index is -0.999. The lowest BCUT2D eigenvalue weighted by Gasteiger charge is -2.10. The summed E-state index contributed by atoms with van der Waals surface area (Å²) in [6.45, 7) is -0.0501. The lowest BCUT2D eigenvalue weighted by atomic mass is 10.2. The third-order valence-electron chi connectivity index (χ3n) is 3.51. The van der Waals surface area contributed by atoms with E-state index in [2.05, 4.69) is 15.6 Å². The SMILES string of the molecule is Fc1cccc(Nc2ccc(NCc3c(F)cccc3F)cn2)c1F. The smallest absolute Gasteiger partial charge is 0.182 e. The third-order valence-corrected chi connectivity index (χ3v) is 3.51. The number of rotatable bonds is 5. The first-order valence-electron chi connectivity index (χ1n) is 7.38. The van der Waals surface area contributed by atoms with Gasteiger partial charge >= 0.3 is 0 Å². The van der Waals surface area contributed by atoms with E-state index in [1.807, 2.05) is 0 Å². The van der Waals surface area contributed by atoms with Crippen LogP contribution in [0.4, 0.5) is 34.8 Å². The van der Waals surface area contributed by atoms with E-state index in [0.717, 1.165) is 6.07 Å². The van der Waals surface area contributed by atoms with Crippen LogP contribution in [0.2, 0.25) is 0 Å². The van der Waals surface area contributed by atoms with Crippen LogP contribution in [-0.4, -0.2) is 4.98 Å². The second-order valence-corrected chi connectivity index (χ2v) is 5.21. The standard InChI is InChI=1S/C18H13F4N3/c19-13-3-1-4-14(20)12(13)10-23-11-7-8-17(24-9-11)25-16-6-2-5-15(21)18(16)22/h1-9,23H,10H2,(H,24,25). The fourth-order valence-corrected chi connectivity index (χ4v) is 2.20. The molecule has 0 radical (unpaired) electrons.